The number of rotatable bonds is 7. The molecule has 27 heavy (non-hydrogen) atoms. The molecule has 0 aliphatic heterocycles. The molecule has 3 aromatic carbocycles. The molecule has 0 saturated carbocycles. The minimum absolute atomic E-state index is 0.318. The van der Waals surface area contributed by atoms with Crippen LogP contribution in [0.3, 0.4) is 0 Å². The van der Waals surface area contributed by atoms with Gasteiger partial charge in [-0.1, -0.05) is 97.5 Å². The highest BCUT2D eigenvalue weighted by Gasteiger charge is 2.21. The van der Waals surface area contributed by atoms with Gasteiger partial charge in [-0.25, -0.2) is 0 Å². The lowest BCUT2D eigenvalue weighted by atomic mass is 10.2. The molecule has 0 bridgehead atoms. The van der Waals surface area contributed by atoms with E-state index in [0.29, 0.717) is 0 Å². The van der Waals surface area contributed by atoms with E-state index in [1.54, 1.807) is 21.7 Å². The lowest BCUT2D eigenvalue weighted by Crippen LogP contribution is -2.28. The Morgan fingerprint density at radius 1 is 0.704 bits per heavy atom. The molecule has 0 saturated heterocycles. The van der Waals surface area contributed by atoms with Gasteiger partial charge in [0.05, 0.1) is 0 Å². The van der Waals surface area contributed by atoms with E-state index in [4.69, 9.17) is 0 Å². The fraction of sp³-hybridized carbons (Fsp3) is 0.250. The summed E-state index contributed by atoms with van der Waals surface area (Å²) in [6.07, 6.45) is 0. The van der Waals surface area contributed by atoms with Gasteiger partial charge < -0.3 is 0 Å². The van der Waals surface area contributed by atoms with Crippen molar-refractivity contribution < 1.29 is 0 Å². The molecule has 3 aromatic rings. The van der Waals surface area contributed by atoms with E-state index in [9.17, 15) is 0 Å². The minimum atomic E-state index is -0.516. The Morgan fingerprint density at radius 3 is 1.81 bits per heavy atom. The van der Waals surface area contributed by atoms with Crippen molar-refractivity contribution in [3.63, 3.8) is 0 Å². The highest BCUT2D eigenvalue weighted by molar-refractivity contribution is 7.80. The molecule has 0 N–H and O–H groups in total. The third-order valence-electron chi connectivity index (χ3n) is 4.57. The molecular formula is C24H29PSi2-. The van der Waals surface area contributed by atoms with E-state index >= 15 is 0 Å². The molecule has 0 atom stereocenters. The summed E-state index contributed by atoms with van der Waals surface area (Å²) < 4.78 is 0. The van der Waals surface area contributed by atoms with Crippen molar-refractivity contribution in [1.29, 1.82) is 0 Å². The van der Waals surface area contributed by atoms with E-state index in [0.717, 1.165) is 0 Å². The van der Waals surface area contributed by atoms with Gasteiger partial charge in [-0.05, 0) is 35.4 Å². The zero-order valence-corrected chi connectivity index (χ0v) is 19.8. The van der Waals surface area contributed by atoms with Gasteiger partial charge in [0.15, 0.2) is 0 Å². The van der Waals surface area contributed by atoms with Crippen LogP contribution >= 0.6 is 7.92 Å². The van der Waals surface area contributed by atoms with Crippen molar-refractivity contribution in [2.45, 2.75) is 38.3 Å². The van der Waals surface area contributed by atoms with Crippen LogP contribution in [0, 0.1) is 0 Å². The molecule has 1 radical (unpaired) electrons. The van der Waals surface area contributed by atoms with Gasteiger partial charge in [-0.2, -0.15) is 19.1 Å². The van der Waals surface area contributed by atoms with E-state index in [-0.39, 0.29) is 17.6 Å². The number of hydrogen-bond acceptors (Lipinski definition) is 0. The lowest BCUT2D eigenvalue weighted by molar-refractivity contribution is 1.37. The Morgan fingerprint density at radius 2 is 1.22 bits per heavy atom. The first-order valence-electron chi connectivity index (χ1n) is 9.65. The molecule has 0 aromatic heterocycles. The maximum absolute atomic E-state index is 2.42. The third-order valence-corrected chi connectivity index (χ3v) is 9.39. The van der Waals surface area contributed by atoms with Crippen LogP contribution < -0.4 is 15.9 Å². The molecular weight excluding hydrogens is 375 g/mol. The SMILES string of the molecule is C[Si](C)Cc1ccccc1P(c1ccccc1)c1ccccc1C[Si-](C)C. The summed E-state index contributed by atoms with van der Waals surface area (Å²) in [7, 11) is -1.15. The summed E-state index contributed by atoms with van der Waals surface area (Å²) in [6.45, 7) is 9.68. The minimum Gasteiger partial charge on any atom is -0.262 e. The topological polar surface area (TPSA) is 0 Å². The van der Waals surface area contributed by atoms with E-state index in [1.165, 1.54) is 17.4 Å². The van der Waals surface area contributed by atoms with Crippen molar-refractivity contribution in [3.8, 4) is 0 Å². The average Bonchev–Trinajstić information content (AvgIpc) is 2.65. The number of hydrogen-bond donors (Lipinski definition) is 0. The summed E-state index contributed by atoms with van der Waals surface area (Å²) >= 11 is 0. The summed E-state index contributed by atoms with van der Waals surface area (Å²) in [5.41, 5.74) is 3.11. The zero-order valence-electron chi connectivity index (χ0n) is 16.9. The Labute approximate surface area is 169 Å². The largest absolute Gasteiger partial charge is 0.262 e. The Balaban J connectivity index is 2.19. The van der Waals surface area contributed by atoms with Crippen molar-refractivity contribution in [1.82, 2.24) is 0 Å². The molecule has 0 nitrogen and oxygen atoms in total. The molecule has 0 fully saturated rings. The van der Waals surface area contributed by atoms with Crippen LogP contribution in [0.25, 0.3) is 0 Å². The fourth-order valence-corrected chi connectivity index (χ4v) is 8.58. The second-order valence-electron chi connectivity index (χ2n) is 7.70. The molecule has 0 amide bonds. The molecule has 139 valence electrons. The first-order valence-corrected chi connectivity index (χ1v) is 16.4. The van der Waals surface area contributed by atoms with E-state index in [1.807, 2.05) is 0 Å². The predicted octanol–water partition coefficient (Wildman–Crippen LogP) is 5.12. The summed E-state index contributed by atoms with van der Waals surface area (Å²) in [5.74, 6) is 0. The first kappa shape index (κ1) is 20.3. The standard InChI is InChI=1S/C24H29PSi2/c1-26(2)18-20-12-8-10-16-23(20)25(22-14-6-5-7-15-22)24-17-11-9-13-21(24)19-27(3)4/h5-17H,18-19H2,1-4H3/q-1. The van der Waals surface area contributed by atoms with Gasteiger partial charge in [0, 0.05) is 8.80 Å². The van der Waals surface area contributed by atoms with E-state index in [2.05, 4.69) is 105 Å². The quantitative estimate of drug-likeness (QED) is 0.379. The maximum atomic E-state index is 2.42. The second kappa shape index (κ2) is 9.64. The summed E-state index contributed by atoms with van der Waals surface area (Å²) in [5, 5.41) is 4.58. The van der Waals surface area contributed by atoms with Crippen LogP contribution in [0.5, 0.6) is 0 Å². The monoisotopic (exact) mass is 404 g/mol. The van der Waals surface area contributed by atoms with Gasteiger partial charge >= 0.3 is 0 Å². The summed E-state index contributed by atoms with van der Waals surface area (Å²) in [4.78, 5) is 0. The number of benzene rings is 3. The smallest absolute Gasteiger partial charge is 0.0460 e. The molecule has 0 spiro atoms. The van der Waals surface area contributed by atoms with Crippen LogP contribution in [0.1, 0.15) is 11.1 Å². The average molecular weight is 405 g/mol. The van der Waals surface area contributed by atoms with Crippen molar-refractivity contribution in [2.24, 2.45) is 0 Å². The molecule has 0 aliphatic carbocycles. The Bertz CT molecular complexity index is 806. The first-order chi connectivity index (χ1) is 13.1. The molecule has 3 rings (SSSR count). The molecule has 0 unspecified atom stereocenters. The third kappa shape index (κ3) is 5.28. The van der Waals surface area contributed by atoms with Crippen LogP contribution in [-0.4, -0.2) is 17.6 Å². The van der Waals surface area contributed by atoms with Gasteiger partial charge in [0.2, 0.25) is 0 Å². The fourth-order valence-electron chi connectivity index (χ4n) is 3.50. The Hall–Kier alpha value is -1.48. The highest BCUT2D eigenvalue weighted by Crippen LogP contribution is 2.36. The lowest BCUT2D eigenvalue weighted by Gasteiger charge is -2.27. The molecule has 0 aliphatic rings. The second-order valence-corrected chi connectivity index (χ2v) is 15.4. The molecule has 0 heterocycles. The van der Waals surface area contributed by atoms with Crippen LogP contribution in [-0.2, 0) is 12.1 Å². The predicted molar refractivity (Wildman–Crippen MR) is 128 cm³/mol. The van der Waals surface area contributed by atoms with Crippen molar-refractivity contribution in [3.05, 3.63) is 90.0 Å². The highest BCUT2D eigenvalue weighted by atomic mass is 31.1. The molecule has 3 heteroatoms. The van der Waals surface area contributed by atoms with Gasteiger partial charge in [-0.3, -0.25) is 8.80 Å². The van der Waals surface area contributed by atoms with Gasteiger partial charge in [-0.15, -0.1) is 0 Å². The van der Waals surface area contributed by atoms with Gasteiger partial charge in [0.1, 0.15) is 0 Å². The van der Waals surface area contributed by atoms with Crippen LogP contribution in [0.15, 0.2) is 78.9 Å². The zero-order chi connectivity index (χ0) is 19.2. The van der Waals surface area contributed by atoms with Crippen molar-refractivity contribution >= 4 is 41.4 Å². The van der Waals surface area contributed by atoms with E-state index < -0.39 is 7.92 Å². The summed E-state index contributed by atoms with van der Waals surface area (Å²) in [6, 6.07) is 32.0. The van der Waals surface area contributed by atoms with Gasteiger partial charge in [0.25, 0.3) is 0 Å². The normalized spacial score (nSPS) is 12.5. The maximum Gasteiger partial charge on any atom is 0.0460 e. The Kier molecular flexibility index (Phi) is 7.23. The van der Waals surface area contributed by atoms with Crippen molar-refractivity contribution in [2.75, 3.05) is 0 Å². The van der Waals surface area contributed by atoms with Crippen LogP contribution in [0.2, 0.25) is 26.2 Å². The van der Waals surface area contributed by atoms with Crippen LogP contribution in [0.4, 0.5) is 0 Å².